The van der Waals surface area contributed by atoms with E-state index in [0.29, 0.717) is 19.0 Å². The van der Waals surface area contributed by atoms with Gasteiger partial charge in [0.2, 0.25) is 0 Å². The summed E-state index contributed by atoms with van der Waals surface area (Å²) in [5.74, 6) is 1.16. The summed E-state index contributed by atoms with van der Waals surface area (Å²) in [6, 6.07) is 5.83. The van der Waals surface area contributed by atoms with Crippen LogP contribution in [-0.4, -0.2) is 53.7 Å². The number of aromatic nitrogens is 1. The van der Waals surface area contributed by atoms with Gasteiger partial charge in [-0.2, -0.15) is 0 Å². The Kier molecular flexibility index (Phi) is 7.88. The summed E-state index contributed by atoms with van der Waals surface area (Å²) in [7, 11) is 0. The number of likely N-dealkylation sites (tertiary alicyclic amines) is 1. The van der Waals surface area contributed by atoms with Gasteiger partial charge in [-0.3, -0.25) is 4.98 Å². The lowest BCUT2D eigenvalue weighted by atomic mass is 9.98. The number of carbonyl (C=O) groups is 1. The molecule has 1 aliphatic heterocycles. The van der Waals surface area contributed by atoms with E-state index in [1.165, 1.54) is 0 Å². The first-order valence-corrected chi connectivity index (χ1v) is 9.77. The van der Waals surface area contributed by atoms with Gasteiger partial charge in [0, 0.05) is 32.4 Å². The van der Waals surface area contributed by atoms with Crippen molar-refractivity contribution in [1.82, 2.24) is 20.5 Å². The van der Waals surface area contributed by atoms with E-state index in [2.05, 4.69) is 20.6 Å². The smallest absolute Gasteiger partial charge is 0.410 e. The minimum atomic E-state index is -0.460. The number of aliphatic imine (C=N–C) groups is 1. The van der Waals surface area contributed by atoms with Gasteiger partial charge < -0.3 is 20.3 Å². The molecule has 1 saturated heterocycles. The molecule has 0 radical (unpaired) electrons. The number of carbonyl (C=O) groups excluding carboxylic acids is 1. The van der Waals surface area contributed by atoms with Gasteiger partial charge in [0.15, 0.2) is 5.96 Å². The van der Waals surface area contributed by atoms with Crippen LogP contribution in [0.15, 0.2) is 29.4 Å². The molecule has 0 aliphatic carbocycles. The molecule has 0 aromatic carbocycles. The molecule has 1 fully saturated rings. The van der Waals surface area contributed by atoms with Gasteiger partial charge in [-0.25, -0.2) is 9.79 Å². The van der Waals surface area contributed by atoms with Crippen LogP contribution in [-0.2, 0) is 11.3 Å². The van der Waals surface area contributed by atoms with Crippen LogP contribution in [0.4, 0.5) is 4.79 Å². The average Bonchev–Trinajstić information content (AvgIpc) is 2.64. The zero-order chi connectivity index (χ0) is 19.7. The van der Waals surface area contributed by atoms with Gasteiger partial charge in [-0.15, -0.1) is 0 Å². The highest BCUT2D eigenvalue weighted by Crippen LogP contribution is 2.18. The molecule has 2 heterocycles. The number of amides is 1. The van der Waals surface area contributed by atoms with E-state index in [1.807, 2.05) is 50.8 Å². The van der Waals surface area contributed by atoms with Crippen LogP contribution >= 0.6 is 0 Å². The number of piperidine rings is 1. The third kappa shape index (κ3) is 7.85. The summed E-state index contributed by atoms with van der Waals surface area (Å²) in [5.41, 5.74) is 0.474. The lowest BCUT2D eigenvalue weighted by molar-refractivity contribution is 0.0168. The minimum Gasteiger partial charge on any atom is -0.444 e. The third-order valence-electron chi connectivity index (χ3n) is 4.20. The van der Waals surface area contributed by atoms with E-state index in [-0.39, 0.29) is 6.09 Å². The molecule has 7 heteroatoms. The molecular formula is C20H33N5O2. The lowest BCUT2D eigenvalue weighted by Gasteiger charge is -2.34. The number of pyridine rings is 1. The van der Waals surface area contributed by atoms with Crippen LogP contribution in [0.5, 0.6) is 0 Å². The molecule has 0 bridgehead atoms. The first-order chi connectivity index (χ1) is 12.9. The van der Waals surface area contributed by atoms with E-state index in [1.54, 1.807) is 6.20 Å². The van der Waals surface area contributed by atoms with Gasteiger partial charge in [-0.1, -0.05) is 6.07 Å². The number of nitrogens with zero attached hydrogens (tertiary/aromatic N) is 3. The van der Waals surface area contributed by atoms with Crippen molar-refractivity contribution in [2.45, 2.75) is 52.7 Å². The fourth-order valence-electron chi connectivity index (χ4n) is 2.96. The Balaban J connectivity index is 1.85. The quantitative estimate of drug-likeness (QED) is 0.611. The number of hydrogen-bond donors (Lipinski definition) is 2. The molecule has 1 aromatic heterocycles. The Morgan fingerprint density at radius 2 is 2.19 bits per heavy atom. The average molecular weight is 376 g/mol. The van der Waals surface area contributed by atoms with Gasteiger partial charge in [-0.05, 0) is 58.6 Å². The Labute approximate surface area is 162 Å². The van der Waals surface area contributed by atoms with Crippen LogP contribution in [0.3, 0.4) is 0 Å². The number of guanidine groups is 1. The maximum absolute atomic E-state index is 12.3. The van der Waals surface area contributed by atoms with Crippen molar-refractivity contribution in [2.24, 2.45) is 10.9 Å². The summed E-state index contributed by atoms with van der Waals surface area (Å²) in [6.45, 7) is 11.3. The second-order valence-electron chi connectivity index (χ2n) is 7.83. The Morgan fingerprint density at radius 1 is 1.37 bits per heavy atom. The van der Waals surface area contributed by atoms with Crippen LogP contribution in [0, 0.1) is 5.92 Å². The van der Waals surface area contributed by atoms with E-state index in [0.717, 1.165) is 44.1 Å². The maximum Gasteiger partial charge on any atom is 0.410 e. The molecule has 2 rings (SSSR count). The van der Waals surface area contributed by atoms with E-state index in [4.69, 9.17) is 4.74 Å². The van der Waals surface area contributed by atoms with E-state index in [9.17, 15) is 4.79 Å². The Morgan fingerprint density at radius 3 is 2.85 bits per heavy atom. The molecule has 1 aromatic rings. The fraction of sp³-hybridized carbons (Fsp3) is 0.650. The van der Waals surface area contributed by atoms with Crippen molar-refractivity contribution in [3.8, 4) is 0 Å². The predicted molar refractivity (Wildman–Crippen MR) is 108 cm³/mol. The van der Waals surface area contributed by atoms with Crippen LogP contribution in [0.2, 0.25) is 0 Å². The maximum atomic E-state index is 12.3. The number of ether oxygens (including phenoxy) is 1. The highest BCUT2D eigenvalue weighted by atomic mass is 16.6. The molecule has 7 nitrogen and oxygen atoms in total. The first-order valence-electron chi connectivity index (χ1n) is 9.77. The van der Waals surface area contributed by atoms with Crippen LogP contribution < -0.4 is 10.6 Å². The molecular weight excluding hydrogens is 342 g/mol. The van der Waals surface area contributed by atoms with Crippen molar-refractivity contribution in [1.29, 1.82) is 0 Å². The normalized spacial score (nSPS) is 18.1. The zero-order valence-electron chi connectivity index (χ0n) is 17.0. The fourth-order valence-corrected chi connectivity index (χ4v) is 2.96. The molecule has 1 aliphatic rings. The predicted octanol–water partition coefficient (Wildman–Crippen LogP) is 2.78. The van der Waals surface area contributed by atoms with Crippen LogP contribution in [0.25, 0.3) is 0 Å². The van der Waals surface area contributed by atoms with E-state index >= 15 is 0 Å². The zero-order valence-corrected chi connectivity index (χ0v) is 17.0. The Hall–Kier alpha value is -2.31. The summed E-state index contributed by atoms with van der Waals surface area (Å²) in [5, 5.41) is 6.66. The summed E-state index contributed by atoms with van der Waals surface area (Å²) in [4.78, 5) is 23.0. The monoisotopic (exact) mass is 375 g/mol. The topological polar surface area (TPSA) is 78.9 Å². The molecule has 0 spiro atoms. The largest absolute Gasteiger partial charge is 0.444 e. The van der Waals surface area contributed by atoms with Gasteiger partial charge in [0.25, 0.3) is 0 Å². The standard InChI is InChI=1S/C20H33N5O2/c1-5-21-18(24-14-17-10-6-7-11-22-17)23-13-16-9-8-12-25(15-16)19(26)27-20(2,3)4/h6-7,10-11,16H,5,8-9,12-15H2,1-4H3,(H2,21,23,24). The van der Waals surface area contributed by atoms with Gasteiger partial charge in [0.1, 0.15) is 5.60 Å². The summed E-state index contributed by atoms with van der Waals surface area (Å²) >= 11 is 0. The first kappa shape index (κ1) is 21.0. The highest BCUT2D eigenvalue weighted by molar-refractivity contribution is 5.79. The SMILES string of the molecule is CCNC(=NCc1ccccn1)NCC1CCCN(C(=O)OC(C)(C)C)C1. The molecule has 150 valence electrons. The number of rotatable bonds is 5. The van der Waals surface area contributed by atoms with Gasteiger partial charge >= 0.3 is 6.09 Å². The summed E-state index contributed by atoms with van der Waals surface area (Å²) in [6.07, 6.45) is 3.64. The van der Waals surface area contributed by atoms with Gasteiger partial charge in [0.05, 0.1) is 12.2 Å². The molecule has 1 unspecified atom stereocenters. The highest BCUT2D eigenvalue weighted by Gasteiger charge is 2.27. The lowest BCUT2D eigenvalue weighted by Crippen LogP contribution is -2.47. The minimum absolute atomic E-state index is 0.220. The summed E-state index contributed by atoms with van der Waals surface area (Å²) < 4.78 is 5.50. The van der Waals surface area contributed by atoms with Crippen molar-refractivity contribution < 1.29 is 9.53 Å². The second-order valence-corrected chi connectivity index (χ2v) is 7.83. The number of nitrogens with one attached hydrogen (secondary N) is 2. The molecule has 27 heavy (non-hydrogen) atoms. The van der Waals surface area contributed by atoms with Crippen molar-refractivity contribution >= 4 is 12.1 Å². The Bertz CT molecular complexity index is 613. The second kappa shape index (κ2) is 10.1. The van der Waals surface area contributed by atoms with Crippen molar-refractivity contribution in [2.75, 3.05) is 26.2 Å². The van der Waals surface area contributed by atoms with Crippen molar-refractivity contribution in [3.05, 3.63) is 30.1 Å². The molecule has 0 saturated carbocycles. The molecule has 1 atom stereocenters. The molecule has 1 amide bonds. The van der Waals surface area contributed by atoms with Crippen molar-refractivity contribution in [3.63, 3.8) is 0 Å². The third-order valence-corrected chi connectivity index (χ3v) is 4.20. The van der Waals surface area contributed by atoms with E-state index < -0.39 is 5.60 Å². The number of hydrogen-bond acceptors (Lipinski definition) is 4. The van der Waals surface area contributed by atoms with Crippen LogP contribution in [0.1, 0.15) is 46.2 Å². The molecule has 2 N–H and O–H groups in total.